The molecule has 1 aliphatic carbocycles. The zero-order valence-electron chi connectivity index (χ0n) is 9.69. The van der Waals surface area contributed by atoms with Gasteiger partial charge in [-0.05, 0) is 19.3 Å². The Kier molecular flexibility index (Phi) is 6.03. The van der Waals surface area contributed by atoms with Gasteiger partial charge in [0.1, 0.15) is 0 Å². The Morgan fingerprint density at radius 2 is 2.12 bits per heavy atom. The molecule has 0 aromatic heterocycles. The first-order valence-electron chi connectivity index (χ1n) is 5.66. The number of ether oxygens (including phenoxy) is 1. The maximum Gasteiger partial charge on any atom is 0.214 e. The summed E-state index contributed by atoms with van der Waals surface area (Å²) in [6, 6.07) is 0.186. The van der Waals surface area contributed by atoms with E-state index >= 15 is 0 Å². The van der Waals surface area contributed by atoms with Crippen LogP contribution in [0, 0.1) is 0 Å². The van der Waals surface area contributed by atoms with Gasteiger partial charge in [-0.1, -0.05) is 6.42 Å². The zero-order valence-corrected chi connectivity index (χ0v) is 11.3. The van der Waals surface area contributed by atoms with Crippen LogP contribution in [-0.2, 0) is 14.8 Å². The molecule has 1 aliphatic rings. The monoisotopic (exact) mass is 269 g/mol. The summed E-state index contributed by atoms with van der Waals surface area (Å²) in [5.41, 5.74) is 0. The SMILES string of the molecule is COCCCS(=O)(=O)N(CCCl)C1CCC1. The molecule has 0 aromatic carbocycles. The van der Waals surface area contributed by atoms with E-state index in [0.29, 0.717) is 25.5 Å². The number of alkyl halides is 1. The molecule has 0 heterocycles. The minimum Gasteiger partial charge on any atom is -0.385 e. The molecule has 0 amide bonds. The summed E-state index contributed by atoms with van der Waals surface area (Å²) in [5, 5.41) is 0. The summed E-state index contributed by atoms with van der Waals surface area (Å²) in [7, 11) is -1.57. The number of hydrogen-bond donors (Lipinski definition) is 0. The lowest BCUT2D eigenvalue weighted by Crippen LogP contribution is -2.46. The van der Waals surface area contributed by atoms with E-state index in [2.05, 4.69) is 0 Å². The lowest BCUT2D eigenvalue weighted by atomic mass is 9.93. The van der Waals surface area contributed by atoms with E-state index < -0.39 is 10.0 Å². The Balaban J connectivity index is 2.53. The van der Waals surface area contributed by atoms with Crippen LogP contribution in [0.4, 0.5) is 0 Å². The average Bonchev–Trinajstić information content (AvgIpc) is 2.14. The Labute approximate surface area is 103 Å². The van der Waals surface area contributed by atoms with E-state index in [1.807, 2.05) is 0 Å². The van der Waals surface area contributed by atoms with Crippen LogP contribution >= 0.6 is 11.6 Å². The van der Waals surface area contributed by atoms with Gasteiger partial charge in [-0.25, -0.2) is 8.42 Å². The molecule has 0 aromatic rings. The van der Waals surface area contributed by atoms with Crippen LogP contribution in [0.1, 0.15) is 25.7 Å². The van der Waals surface area contributed by atoms with Crippen molar-refractivity contribution < 1.29 is 13.2 Å². The molecule has 6 heteroatoms. The van der Waals surface area contributed by atoms with Crippen molar-refractivity contribution in [3.05, 3.63) is 0 Å². The van der Waals surface area contributed by atoms with Gasteiger partial charge in [-0.2, -0.15) is 4.31 Å². The number of halogens is 1. The second kappa shape index (κ2) is 6.79. The van der Waals surface area contributed by atoms with E-state index in [1.54, 1.807) is 11.4 Å². The van der Waals surface area contributed by atoms with Crippen molar-refractivity contribution in [2.75, 3.05) is 31.9 Å². The van der Waals surface area contributed by atoms with Gasteiger partial charge in [-0.15, -0.1) is 11.6 Å². The maximum absolute atomic E-state index is 12.0. The van der Waals surface area contributed by atoms with Gasteiger partial charge in [0, 0.05) is 32.2 Å². The highest BCUT2D eigenvalue weighted by Gasteiger charge is 2.32. The molecular weight excluding hydrogens is 250 g/mol. The molecule has 4 nitrogen and oxygen atoms in total. The number of sulfonamides is 1. The average molecular weight is 270 g/mol. The van der Waals surface area contributed by atoms with E-state index in [0.717, 1.165) is 19.3 Å². The lowest BCUT2D eigenvalue weighted by molar-refractivity contribution is 0.197. The van der Waals surface area contributed by atoms with E-state index in [-0.39, 0.29) is 11.8 Å². The predicted molar refractivity (Wildman–Crippen MR) is 65.3 cm³/mol. The second-order valence-corrected chi connectivity index (χ2v) is 6.47. The van der Waals surface area contributed by atoms with Crippen LogP contribution < -0.4 is 0 Å². The minimum atomic E-state index is -3.15. The fourth-order valence-electron chi connectivity index (χ4n) is 1.81. The molecule has 0 radical (unpaired) electrons. The molecule has 96 valence electrons. The van der Waals surface area contributed by atoms with Gasteiger partial charge in [0.05, 0.1) is 5.75 Å². The van der Waals surface area contributed by atoms with E-state index in [1.165, 1.54) is 0 Å². The van der Waals surface area contributed by atoms with Crippen LogP contribution in [0.2, 0.25) is 0 Å². The number of nitrogens with zero attached hydrogens (tertiary/aromatic N) is 1. The molecular formula is C10H20ClNO3S. The Bertz CT molecular complexity index is 290. The van der Waals surface area contributed by atoms with Crippen molar-refractivity contribution in [3.8, 4) is 0 Å². The molecule has 0 saturated heterocycles. The Hall–Kier alpha value is 0.160. The smallest absolute Gasteiger partial charge is 0.214 e. The van der Waals surface area contributed by atoms with Gasteiger partial charge in [0.15, 0.2) is 0 Å². The van der Waals surface area contributed by atoms with E-state index in [9.17, 15) is 8.42 Å². The number of rotatable bonds is 8. The van der Waals surface area contributed by atoms with Crippen molar-refractivity contribution >= 4 is 21.6 Å². The largest absolute Gasteiger partial charge is 0.385 e. The highest BCUT2D eigenvalue weighted by Crippen LogP contribution is 2.27. The molecule has 0 spiro atoms. The topological polar surface area (TPSA) is 46.6 Å². The third-order valence-electron chi connectivity index (χ3n) is 2.89. The van der Waals surface area contributed by atoms with Crippen LogP contribution in [0.5, 0.6) is 0 Å². The standard InChI is InChI=1S/C10H20ClNO3S/c1-15-8-3-9-16(13,14)12(7-6-11)10-4-2-5-10/h10H,2-9H2,1H3. The summed E-state index contributed by atoms with van der Waals surface area (Å²) in [6.07, 6.45) is 3.61. The van der Waals surface area contributed by atoms with Crippen molar-refractivity contribution in [1.82, 2.24) is 4.31 Å². The molecule has 16 heavy (non-hydrogen) atoms. The Morgan fingerprint density at radius 3 is 2.56 bits per heavy atom. The molecule has 0 N–H and O–H groups in total. The van der Waals surface area contributed by atoms with Gasteiger partial charge in [0.25, 0.3) is 0 Å². The first-order valence-corrected chi connectivity index (χ1v) is 7.80. The van der Waals surface area contributed by atoms with Gasteiger partial charge >= 0.3 is 0 Å². The third-order valence-corrected chi connectivity index (χ3v) is 5.06. The van der Waals surface area contributed by atoms with Gasteiger partial charge in [-0.3, -0.25) is 0 Å². The fourth-order valence-corrected chi connectivity index (χ4v) is 3.84. The summed E-state index contributed by atoms with van der Waals surface area (Å²) >= 11 is 5.66. The molecule has 1 fully saturated rings. The first kappa shape index (κ1) is 14.2. The van der Waals surface area contributed by atoms with Gasteiger partial charge < -0.3 is 4.74 Å². The fraction of sp³-hybridized carbons (Fsp3) is 1.00. The highest BCUT2D eigenvalue weighted by molar-refractivity contribution is 7.89. The lowest BCUT2D eigenvalue weighted by Gasteiger charge is -2.36. The van der Waals surface area contributed by atoms with Crippen molar-refractivity contribution in [2.24, 2.45) is 0 Å². The van der Waals surface area contributed by atoms with E-state index in [4.69, 9.17) is 16.3 Å². The second-order valence-electron chi connectivity index (χ2n) is 4.05. The van der Waals surface area contributed by atoms with Crippen molar-refractivity contribution in [2.45, 2.75) is 31.7 Å². The molecule has 0 atom stereocenters. The van der Waals surface area contributed by atoms with Gasteiger partial charge in [0.2, 0.25) is 10.0 Å². The molecule has 1 saturated carbocycles. The zero-order chi connectivity index (χ0) is 12.0. The van der Waals surface area contributed by atoms with Crippen molar-refractivity contribution in [1.29, 1.82) is 0 Å². The minimum absolute atomic E-state index is 0.161. The van der Waals surface area contributed by atoms with Crippen LogP contribution in [0.15, 0.2) is 0 Å². The number of methoxy groups -OCH3 is 1. The van der Waals surface area contributed by atoms with Crippen LogP contribution in [-0.4, -0.2) is 50.7 Å². The first-order chi connectivity index (χ1) is 7.61. The molecule has 0 aliphatic heterocycles. The maximum atomic E-state index is 12.0. The molecule has 0 bridgehead atoms. The summed E-state index contributed by atoms with van der Waals surface area (Å²) in [5.74, 6) is 0.522. The summed E-state index contributed by atoms with van der Waals surface area (Å²) < 4.78 is 30.5. The van der Waals surface area contributed by atoms with Crippen LogP contribution in [0.3, 0.4) is 0 Å². The normalized spacial score (nSPS) is 17.7. The van der Waals surface area contributed by atoms with Crippen LogP contribution in [0.25, 0.3) is 0 Å². The van der Waals surface area contributed by atoms with Crippen molar-refractivity contribution in [3.63, 3.8) is 0 Å². The number of hydrogen-bond acceptors (Lipinski definition) is 3. The summed E-state index contributed by atoms with van der Waals surface area (Å²) in [4.78, 5) is 0. The predicted octanol–water partition coefficient (Wildman–Crippen LogP) is 1.45. The Morgan fingerprint density at radius 1 is 1.44 bits per heavy atom. The highest BCUT2D eigenvalue weighted by atomic mass is 35.5. The third kappa shape index (κ3) is 3.87. The summed E-state index contributed by atoms with van der Waals surface area (Å²) in [6.45, 7) is 0.917. The molecule has 0 unspecified atom stereocenters. The quantitative estimate of drug-likeness (QED) is 0.495. The molecule has 1 rings (SSSR count).